The number of hydrogen-bond donors (Lipinski definition) is 10. The molecule has 0 radical (unpaired) electrons. The van der Waals surface area contributed by atoms with Crippen molar-refractivity contribution in [3.8, 4) is 0 Å². The fraction of sp³-hybridized carbons (Fsp3) is 1.00. The lowest BCUT2D eigenvalue weighted by atomic mass is 9.97. The second kappa shape index (κ2) is 10.8. The molecule has 0 spiro atoms. The third-order valence-corrected chi connectivity index (χ3v) is 5.70. The highest BCUT2D eigenvalue weighted by atomic mass is 16.8. The molecule has 0 bridgehead atoms. The van der Waals surface area contributed by atoms with Crippen LogP contribution in [0.1, 0.15) is 0 Å². The molecule has 3 heterocycles. The van der Waals surface area contributed by atoms with Crippen LogP contribution in [0.15, 0.2) is 0 Å². The standard InChI is InChI=1S/C17H30O15/c18-1-5-8(22)10(24)12(26)17(30-5)32-14-13(9(23)6(2-19)29-15(14)27)31-16-11(25)7(21)4(20)3-28-16/h4-27H,1-3H2/t4-,5-,6-,7+,8-,9+,10+,11-,12-,13+,14-,15?,16+,17+/m1/s1. The van der Waals surface area contributed by atoms with Gasteiger partial charge >= 0.3 is 0 Å². The molecule has 0 aliphatic carbocycles. The average Bonchev–Trinajstić information content (AvgIpc) is 2.78. The Hall–Kier alpha value is -0.600. The molecule has 15 nitrogen and oxygen atoms in total. The van der Waals surface area contributed by atoms with E-state index in [0.717, 1.165) is 0 Å². The lowest BCUT2D eigenvalue weighted by Crippen LogP contribution is -2.66. The Bertz CT molecular complexity index is 594. The van der Waals surface area contributed by atoms with E-state index >= 15 is 0 Å². The van der Waals surface area contributed by atoms with E-state index in [0.29, 0.717) is 0 Å². The van der Waals surface area contributed by atoms with E-state index < -0.39 is 106 Å². The van der Waals surface area contributed by atoms with Crippen molar-refractivity contribution >= 4 is 0 Å². The largest absolute Gasteiger partial charge is 0.394 e. The number of aliphatic hydroxyl groups is 10. The van der Waals surface area contributed by atoms with Crippen molar-refractivity contribution in [3.05, 3.63) is 0 Å². The number of aliphatic hydroxyl groups excluding tert-OH is 10. The summed E-state index contributed by atoms with van der Waals surface area (Å²) in [6.45, 7) is -1.92. The van der Waals surface area contributed by atoms with Gasteiger partial charge in [0.15, 0.2) is 18.9 Å². The normalized spacial score (nSPS) is 52.7. The van der Waals surface area contributed by atoms with Crippen molar-refractivity contribution in [2.24, 2.45) is 0 Å². The molecule has 3 fully saturated rings. The lowest BCUT2D eigenvalue weighted by Gasteiger charge is -2.47. The van der Waals surface area contributed by atoms with Gasteiger partial charge < -0.3 is 74.7 Å². The summed E-state index contributed by atoms with van der Waals surface area (Å²) in [6, 6.07) is 0. The van der Waals surface area contributed by atoms with E-state index in [4.69, 9.17) is 23.7 Å². The van der Waals surface area contributed by atoms with Gasteiger partial charge in [0.25, 0.3) is 0 Å². The predicted molar refractivity (Wildman–Crippen MR) is 95.2 cm³/mol. The Labute approximate surface area is 181 Å². The summed E-state index contributed by atoms with van der Waals surface area (Å²) in [5.41, 5.74) is 0. The zero-order chi connectivity index (χ0) is 23.7. The minimum absolute atomic E-state index is 0.424. The van der Waals surface area contributed by atoms with Gasteiger partial charge in [0, 0.05) is 0 Å². The zero-order valence-corrected chi connectivity index (χ0v) is 16.7. The fourth-order valence-electron chi connectivity index (χ4n) is 3.75. The van der Waals surface area contributed by atoms with Crippen LogP contribution < -0.4 is 0 Å². The van der Waals surface area contributed by atoms with Crippen molar-refractivity contribution in [1.29, 1.82) is 0 Å². The molecule has 3 saturated heterocycles. The predicted octanol–water partition coefficient (Wildman–Crippen LogP) is -6.93. The molecular weight excluding hydrogens is 444 g/mol. The molecule has 0 saturated carbocycles. The van der Waals surface area contributed by atoms with Crippen LogP contribution in [0.5, 0.6) is 0 Å². The maximum atomic E-state index is 10.6. The van der Waals surface area contributed by atoms with Gasteiger partial charge in [-0.05, 0) is 0 Å². The van der Waals surface area contributed by atoms with Gasteiger partial charge in [-0.15, -0.1) is 0 Å². The Kier molecular flexibility index (Phi) is 8.75. The van der Waals surface area contributed by atoms with Crippen LogP contribution in [-0.4, -0.2) is 157 Å². The average molecular weight is 474 g/mol. The molecule has 32 heavy (non-hydrogen) atoms. The van der Waals surface area contributed by atoms with Crippen molar-refractivity contribution in [3.63, 3.8) is 0 Å². The third kappa shape index (κ3) is 5.07. The molecule has 14 atom stereocenters. The van der Waals surface area contributed by atoms with Gasteiger partial charge in [-0.1, -0.05) is 0 Å². The summed E-state index contributed by atoms with van der Waals surface area (Å²) in [7, 11) is 0. The topological polar surface area (TPSA) is 248 Å². The second-order valence-electron chi connectivity index (χ2n) is 7.89. The van der Waals surface area contributed by atoms with Gasteiger partial charge in [-0.2, -0.15) is 0 Å². The summed E-state index contributed by atoms with van der Waals surface area (Å²) in [5.74, 6) is 0. The Morgan fingerprint density at radius 1 is 0.594 bits per heavy atom. The smallest absolute Gasteiger partial charge is 0.187 e. The first-order valence-corrected chi connectivity index (χ1v) is 10.00. The van der Waals surface area contributed by atoms with E-state index in [1.165, 1.54) is 0 Å². The van der Waals surface area contributed by atoms with Crippen LogP contribution in [0.2, 0.25) is 0 Å². The van der Waals surface area contributed by atoms with E-state index in [1.807, 2.05) is 0 Å². The van der Waals surface area contributed by atoms with E-state index in [-0.39, 0.29) is 0 Å². The summed E-state index contributed by atoms with van der Waals surface area (Å²) < 4.78 is 26.4. The van der Waals surface area contributed by atoms with E-state index in [1.54, 1.807) is 0 Å². The molecule has 15 heteroatoms. The number of rotatable bonds is 6. The molecule has 0 aromatic carbocycles. The molecule has 0 aromatic heterocycles. The minimum atomic E-state index is -1.89. The first kappa shape index (κ1) is 26.0. The highest BCUT2D eigenvalue weighted by molar-refractivity contribution is 4.95. The maximum Gasteiger partial charge on any atom is 0.187 e. The van der Waals surface area contributed by atoms with Gasteiger partial charge in [0.2, 0.25) is 0 Å². The molecule has 10 N–H and O–H groups in total. The van der Waals surface area contributed by atoms with Crippen LogP contribution in [-0.2, 0) is 23.7 Å². The SMILES string of the molecule is OC[C@H]1OC(O)[C@H](O[C@@H]2O[C@H](CO)[C@@H](O)[C@H](O)[C@H]2O)[C@@H](O[C@@H]2OC[C@@H](O)[C@H](O)[C@H]2O)[C@H]1O. The number of hydrogen-bond acceptors (Lipinski definition) is 15. The summed E-state index contributed by atoms with van der Waals surface area (Å²) in [5, 5.41) is 99.2. The molecule has 3 aliphatic heterocycles. The van der Waals surface area contributed by atoms with E-state index in [9.17, 15) is 51.1 Å². The molecule has 188 valence electrons. The Morgan fingerprint density at radius 2 is 1.16 bits per heavy atom. The first-order chi connectivity index (χ1) is 15.1. The van der Waals surface area contributed by atoms with Crippen LogP contribution in [0.3, 0.4) is 0 Å². The highest BCUT2D eigenvalue weighted by Crippen LogP contribution is 2.31. The first-order valence-electron chi connectivity index (χ1n) is 10.00. The van der Waals surface area contributed by atoms with Crippen molar-refractivity contribution in [1.82, 2.24) is 0 Å². The van der Waals surface area contributed by atoms with Gasteiger partial charge in [0.1, 0.15) is 67.1 Å². The lowest BCUT2D eigenvalue weighted by molar-refractivity contribution is -0.383. The number of ether oxygens (including phenoxy) is 5. The molecule has 0 amide bonds. The Balaban J connectivity index is 1.80. The van der Waals surface area contributed by atoms with Gasteiger partial charge in [0.05, 0.1) is 19.8 Å². The van der Waals surface area contributed by atoms with Crippen LogP contribution in [0.25, 0.3) is 0 Å². The van der Waals surface area contributed by atoms with E-state index in [2.05, 4.69) is 0 Å². The monoisotopic (exact) mass is 474 g/mol. The van der Waals surface area contributed by atoms with Crippen molar-refractivity contribution < 1.29 is 74.7 Å². The minimum Gasteiger partial charge on any atom is -0.394 e. The highest BCUT2D eigenvalue weighted by Gasteiger charge is 2.52. The second-order valence-corrected chi connectivity index (χ2v) is 7.89. The molecule has 0 aromatic rings. The quantitative estimate of drug-likeness (QED) is 0.172. The molecule has 3 rings (SSSR count). The third-order valence-electron chi connectivity index (χ3n) is 5.70. The van der Waals surface area contributed by atoms with Crippen LogP contribution in [0, 0.1) is 0 Å². The van der Waals surface area contributed by atoms with Crippen molar-refractivity contribution in [2.45, 2.75) is 86.0 Å². The molecule has 3 aliphatic rings. The van der Waals surface area contributed by atoms with Crippen molar-refractivity contribution in [2.75, 3.05) is 19.8 Å². The maximum absolute atomic E-state index is 10.6. The molecular formula is C17H30O15. The zero-order valence-electron chi connectivity index (χ0n) is 16.7. The molecule has 1 unspecified atom stereocenters. The van der Waals surface area contributed by atoms with Crippen LogP contribution in [0.4, 0.5) is 0 Å². The van der Waals surface area contributed by atoms with Gasteiger partial charge in [-0.25, -0.2) is 0 Å². The summed E-state index contributed by atoms with van der Waals surface area (Å²) >= 11 is 0. The van der Waals surface area contributed by atoms with Crippen LogP contribution >= 0.6 is 0 Å². The Morgan fingerprint density at radius 3 is 1.78 bits per heavy atom. The van der Waals surface area contributed by atoms with Gasteiger partial charge in [-0.3, -0.25) is 0 Å². The fourth-order valence-corrected chi connectivity index (χ4v) is 3.75. The summed E-state index contributed by atoms with van der Waals surface area (Å²) in [4.78, 5) is 0. The summed E-state index contributed by atoms with van der Waals surface area (Å²) in [6.07, 6.45) is -23.0.